The summed E-state index contributed by atoms with van der Waals surface area (Å²) >= 11 is 8.68. The van der Waals surface area contributed by atoms with Gasteiger partial charge in [-0.05, 0) is 42.1 Å². The summed E-state index contributed by atoms with van der Waals surface area (Å²) in [5.41, 5.74) is 1.22. The van der Waals surface area contributed by atoms with Crippen LogP contribution in [0.4, 0.5) is 14.9 Å². The molecular formula is C15H8ClFN4OS2. The number of halogens is 2. The highest BCUT2D eigenvalue weighted by molar-refractivity contribution is 8.18. The number of nitrogens with zero attached hydrogens (tertiary/aromatic N) is 3. The van der Waals surface area contributed by atoms with Crippen LogP contribution in [0.1, 0.15) is 5.69 Å². The van der Waals surface area contributed by atoms with Gasteiger partial charge < -0.3 is 5.32 Å². The first kappa shape index (κ1) is 15.4. The number of imidazole rings is 1. The zero-order valence-electron chi connectivity index (χ0n) is 11.9. The molecule has 0 bridgehead atoms. The standard InChI is InChI=1S/C15H8ClFN4OS2/c16-12-10(21-5-6-23-14(21)19-12)7-11-13(20-15(22)24-11)18-9-3-1-8(17)2-4-9/h1-7H,(H,18,20,22). The van der Waals surface area contributed by atoms with Crippen molar-refractivity contribution in [3.05, 3.63) is 57.4 Å². The number of thiazole rings is 1. The first-order chi connectivity index (χ1) is 11.6. The van der Waals surface area contributed by atoms with Gasteiger partial charge in [-0.15, -0.1) is 11.3 Å². The third-order valence-corrected chi connectivity index (χ3v) is 5.10. The van der Waals surface area contributed by atoms with Gasteiger partial charge >= 0.3 is 0 Å². The molecular weight excluding hydrogens is 371 g/mol. The molecule has 2 aromatic heterocycles. The van der Waals surface area contributed by atoms with E-state index in [1.54, 1.807) is 6.08 Å². The summed E-state index contributed by atoms with van der Waals surface area (Å²) in [6.45, 7) is 0. The molecule has 0 radical (unpaired) electrons. The Kier molecular flexibility index (Phi) is 3.87. The molecule has 3 heterocycles. The average Bonchev–Trinajstić information content (AvgIpc) is 3.20. The molecule has 9 heteroatoms. The fourth-order valence-electron chi connectivity index (χ4n) is 2.19. The second-order valence-corrected chi connectivity index (χ2v) is 7.05. The lowest BCUT2D eigenvalue weighted by Crippen LogP contribution is -2.18. The lowest BCUT2D eigenvalue weighted by molar-refractivity contribution is 0.265. The first-order valence-electron chi connectivity index (χ1n) is 6.76. The molecule has 0 saturated carbocycles. The van der Waals surface area contributed by atoms with E-state index in [2.05, 4.69) is 15.3 Å². The molecule has 0 aliphatic carbocycles. The lowest BCUT2D eigenvalue weighted by atomic mass is 10.3. The van der Waals surface area contributed by atoms with E-state index in [4.69, 9.17) is 11.6 Å². The highest BCUT2D eigenvalue weighted by atomic mass is 35.5. The molecule has 24 heavy (non-hydrogen) atoms. The van der Waals surface area contributed by atoms with E-state index in [0.717, 1.165) is 16.7 Å². The van der Waals surface area contributed by atoms with Crippen molar-refractivity contribution in [3.8, 4) is 0 Å². The highest BCUT2D eigenvalue weighted by Crippen LogP contribution is 2.31. The zero-order valence-corrected chi connectivity index (χ0v) is 14.3. The molecule has 3 aromatic rings. The van der Waals surface area contributed by atoms with Crippen LogP contribution in [0.15, 0.2) is 45.7 Å². The number of carbonyl (C=O) groups excluding carboxylic acids is 1. The Labute approximate surface area is 148 Å². The number of aromatic nitrogens is 2. The Morgan fingerprint density at radius 2 is 2.12 bits per heavy atom. The van der Waals surface area contributed by atoms with Gasteiger partial charge in [-0.1, -0.05) is 11.6 Å². The third-order valence-electron chi connectivity index (χ3n) is 3.25. The highest BCUT2D eigenvalue weighted by Gasteiger charge is 2.25. The van der Waals surface area contributed by atoms with Gasteiger partial charge in [-0.25, -0.2) is 14.4 Å². The molecule has 1 saturated heterocycles. The third kappa shape index (κ3) is 2.83. The predicted molar refractivity (Wildman–Crippen MR) is 95.7 cm³/mol. The summed E-state index contributed by atoms with van der Waals surface area (Å²) in [6.07, 6.45) is 3.62. The van der Waals surface area contributed by atoms with Crippen molar-refractivity contribution in [3.63, 3.8) is 0 Å². The molecule has 1 aromatic carbocycles. The van der Waals surface area contributed by atoms with Gasteiger partial charge in [0, 0.05) is 11.6 Å². The van der Waals surface area contributed by atoms with Gasteiger partial charge in [-0.2, -0.15) is 0 Å². The van der Waals surface area contributed by atoms with Crippen LogP contribution < -0.4 is 5.32 Å². The molecule has 0 spiro atoms. The van der Waals surface area contributed by atoms with Crippen molar-refractivity contribution in [2.24, 2.45) is 4.99 Å². The average molecular weight is 379 g/mol. The van der Waals surface area contributed by atoms with Crippen LogP contribution in [0.5, 0.6) is 0 Å². The number of hydrogen-bond acceptors (Lipinski definition) is 5. The molecule has 1 amide bonds. The van der Waals surface area contributed by atoms with Crippen LogP contribution in [0.3, 0.4) is 0 Å². The van der Waals surface area contributed by atoms with Gasteiger partial charge in [0.2, 0.25) is 0 Å². The maximum Gasteiger partial charge on any atom is 0.289 e. The van der Waals surface area contributed by atoms with E-state index in [9.17, 15) is 9.18 Å². The largest absolute Gasteiger partial charge is 0.300 e. The Morgan fingerprint density at radius 3 is 2.92 bits per heavy atom. The number of amides is 1. The van der Waals surface area contributed by atoms with E-state index in [1.165, 1.54) is 35.6 Å². The number of fused-ring (bicyclic) bond motifs is 1. The van der Waals surface area contributed by atoms with Crippen LogP contribution in [0.25, 0.3) is 11.0 Å². The normalized spacial score (nSPS) is 18.0. The molecule has 120 valence electrons. The fraction of sp³-hybridized carbons (Fsp3) is 0. The minimum atomic E-state index is -0.342. The van der Waals surface area contributed by atoms with E-state index in [1.807, 2.05) is 16.0 Å². The van der Waals surface area contributed by atoms with E-state index in [0.29, 0.717) is 27.3 Å². The number of thioether (sulfide) groups is 1. The van der Waals surface area contributed by atoms with Crippen LogP contribution in [0, 0.1) is 5.82 Å². The van der Waals surface area contributed by atoms with Crippen LogP contribution in [-0.4, -0.2) is 20.5 Å². The maximum absolute atomic E-state index is 13.0. The van der Waals surface area contributed by atoms with E-state index >= 15 is 0 Å². The van der Waals surface area contributed by atoms with Crippen molar-refractivity contribution in [1.29, 1.82) is 0 Å². The predicted octanol–water partition coefficient (Wildman–Crippen LogP) is 4.72. The second-order valence-electron chi connectivity index (χ2n) is 4.80. The van der Waals surface area contributed by atoms with Crippen LogP contribution >= 0.6 is 34.7 Å². The van der Waals surface area contributed by atoms with Crippen LogP contribution in [-0.2, 0) is 0 Å². The number of hydrogen-bond donors (Lipinski definition) is 1. The quantitative estimate of drug-likeness (QED) is 0.702. The summed E-state index contributed by atoms with van der Waals surface area (Å²) in [5.74, 6) is 0.0586. The molecule has 1 fully saturated rings. The van der Waals surface area contributed by atoms with Crippen molar-refractivity contribution in [2.45, 2.75) is 0 Å². The van der Waals surface area contributed by atoms with Gasteiger partial charge in [0.1, 0.15) is 11.7 Å². The number of benzene rings is 1. The smallest absolute Gasteiger partial charge is 0.289 e. The van der Waals surface area contributed by atoms with Crippen molar-refractivity contribution < 1.29 is 9.18 Å². The molecule has 1 N–H and O–H groups in total. The van der Waals surface area contributed by atoms with Crippen molar-refractivity contribution in [2.75, 3.05) is 0 Å². The minimum Gasteiger partial charge on any atom is -0.300 e. The molecule has 0 atom stereocenters. The number of nitrogens with one attached hydrogen (secondary N) is 1. The summed E-state index contributed by atoms with van der Waals surface area (Å²) < 4.78 is 14.8. The topological polar surface area (TPSA) is 58.8 Å². The minimum absolute atomic E-state index is 0.232. The summed E-state index contributed by atoms with van der Waals surface area (Å²) in [4.78, 5) is 21.8. The Bertz CT molecular complexity index is 1010. The Hall–Kier alpha value is -2.16. The Balaban J connectivity index is 1.77. The molecule has 1 aliphatic heterocycles. The van der Waals surface area contributed by atoms with Gasteiger partial charge in [0.15, 0.2) is 10.1 Å². The summed E-state index contributed by atoms with van der Waals surface area (Å²) in [7, 11) is 0. The number of aliphatic imine (C=N–C) groups is 1. The van der Waals surface area contributed by atoms with E-state index < -0.39 is 0 Å². The lowest BCUT2D eigenvalue weighted by Gasteiger charge is -2.00. The molecule has 0 unspecified atom stereocenters. The van der Waals surface area contributed by atoms with Crippen LogP contribution in [0.2, 0.25) is 5.15 Å². The fourth-order valence-corrected chi connectivity index (χ4v) is 3.90. The second kappa shape index (κ2) is 6.04. The molecule has 4 rings (SSSR count). The number of rotatable bonds is 2. The Morgan fingerprint density at radius 1 is 1.33 bits per heavy atom. The summed E-state index contributed by atoms with van der Waals surface area (Å²) in [6, 6.07) is 5.71. The summed E-state index contributed by atoms with van der Waals surface area (Å²) in [5, 5.41) is 4.71. The monoisotopic (exact) mass is 378 g/mol. The van der Waals surface area contributed by atoms with Crippen molar-refractivity contribution >= 4 is 62.5 Å². The maximum atomic E-state index is 13.0. The SMILES string of the molecule is O=C1NC(=Nc2ccc(F)cc2)C(=Cc2c(Cl)nc3sccn23)S1. The van der Waals surface area contributed by atoms with Crippen molar-refractivity contribution in [1.82, 2.24) is 14.7 Å². The van der Waals surface area contributed by atoms with Gasteiger partial charge in [0.05, 0.1) is 16.3 Å². The molecule has 5 nitrogen and oxygen atoms in total. The first-order valence-corrected chi connectivity index (χ1v) is 8.84. The van der Waals surface area contributed by atoms with E-state index in [-0.39, 0.29) is 11.1 Å². The van der Waals surface area contributed by atoms with Gasteiger partial charge in [0.25, 0.3) is 5.24 Å². The number of carbonyl (C=O) groups is 1. The van der Waals surface area contributed by atoms with Gasteiger partial charge in [-0.3, -0.25) is 9.20 Å². The number of amidine groups is 1. The molecule has 1 aliphatic rings. The zero-order chi connectivity index (χ0) is 16.7.